The number of rotatable bonds is 5. The molecule has 0 aliphatic carbocycles. The van der Waals surface area contributed by atoms with E-state index in [-0.39, 0.29) is 5.78 Å². The van der Waals surface area contributed by atoms with Gasteiger partial charge in [0, 0.05) is 13.5 Å². The van der Waals surface area contributed by atoms with Crippen molar-refractivity contribution >= 4 is 5.78 Å². The van der Waals surface area contributed by atoms with Gasteiger partial charge < -0.3 is 4.74 Å². The lowest BCUT2D eigenvalue weighted by Crippen LogP contribution is -2.17. The largest absolute Gasteiger partial charge is 0.369 e. The number of benzene rings is 2. The van der Waals surface area contributed by atoms with Gasteiger partial charge in [0.1, 0.15) is 6.10 Å². The van der Waals surface area contributed by atoms with Gasteiger partial charge in [-0.15, -0.1) is 0 Å². The molecule has 1 atom stereocenters. The minimum absolute atomic E-state index is 0.0851. The molecule has 2 aromatic rings. The fourth-order valence-electron chi connectivity index (χ4n) is 2.29. The molecule has 2 heteroatoms. The van der Waals surface area contributed by atoms with Crippen LogP contribution >= 0.6 is 0 Å². The van der Waals surface area contributed by atoms with E-state index in [1.807, 2.05) is 36.4 Å². The number of methoxy groups -OCH3 is 1. The molecule has 2 nitrogen and oxygen atoms in total. The van der Waals surface area contributed by atoms with Gasteiger partial charge in [-0.1, -0.05) is 48.5 Å². The molecule has 2 aromatic carbocycles. The Kier molecular flexibility index (Phi) is 4.70. The molecule has 20 heavy (non-hydrogen) atoms. The van der Waals surface area contributed by atoms with Crippen LogP contribution in [-0.2, 0) is 16.0 Å². The highest BCUT2D eigenvalue weighted by Gasteiger charge is 2.19. The van der Waals surface area contributed by atoms with Crippen LogP contribution in [0.3, 0.4) is 0 Å². The van der Waals surface area contributed by atoms with E-state index >= 15 is 0 Å². The van der Waals surface area contributed by atoms with Gasteiger partial charge in [-0.25, -0.2) is 0 Å². The van der Waals surface area contributed by atoms with Crippen molar-refractivity contribution in [1.82, 2.24) is 0 Å². The van der Waals surface area contributed by atoms with E-state index in [9.17, 15) is 4.79 Å². The van der Waals surface area contributed by atoms with Crippen molar-refractivity contribution in [1.29, 1.82) is 0 Å². The van der Waals surface area contributed by atoms with Gasteiger partial charge in [-0.2, -0.15) is 0 Å². The maximum Gasteiger partial charge on any atom is 0.170 e. The zero-order valence-electron chi connectivity index (χ0n) is 12.2. The monoisotopic (exact) mass is 268 g/mol. The Morgan fingerprint density at radius 1 is 1.05 bits per heavy atom. The summed E-state index contributed by atoms with van der Waals surface area (Å²) in [6, 6.07) is 15.8. The molecule has 0 aliphatic rings. The number of hydrogen-bond acceptors (Lipinski definition) is 2. The fraction of sp³-hybridized carbons (Fsp3) is 0.278. The second kappa shape index (κ2) is 6.49. The molecule has 2 rings (SSSR count). The molecule has 0 aliphatic heterocycles. The van der Waals surface area contributed by atoms with Crippen molar-refractivity contribution in [2.75, 3.05) is 7.11 Å². The number of Topliss-reactive ketones (excluding diaryl/α,β-unsaturated/α-hetero) is 1. The van der Waals surface area contributed by atoms with Gasteiger partial charge in [-0.05, 0) is 36.1 Å². The number of ether oxygens (including phenoxy) is 1. The molecule has 0 saturated carbocycles. The number of ketones is 1. The smallest absolute Gasteiger partial charge is 0.170 e. The summed E-state index contributed by atoms with van der Waals surface area (Å²) in [7, 11) is 1.58. The van der Waals surface area contributed by atoms with Crippen molar-refractivity contribution in [3.63, 3.8) is 0 Å². The average molecular weight is 268 g/mol. The van der Waals surface area contributed by atoms with Crippen molar-refractivity contribution in [2.24, 2.45) is 0 Å². The number of carbonyl (C=O) groups excluding carboxylic acids is 1. The van der Waals surface area contributed by atoms with Crippen molar-refractivity contribution in [3.8, 4) is 0 Å². The van der Waals surface area contributed by atoms with Crippen LogP contribution < -0.4 is 0 Å². The summed E-state index contributed by atoms with van der Waals surface area (Å²) in [5.41, 5.74) is 4.40. The molecule has 0 fully saturated rings. The number of carbonyl (C=O) groups is 1. The average Bonchev–Trinajstić information content (AvgIpc) is 2.45. The summed E-state index contributed by atoms with van der Waals surface area (Å²) < 4.78 is 5.37. The van der Waals surface area contributed by atoms with Crippen LogP contribution in [0, 0.1) is 13.8 Å². The highest BCUT2D eigenvalue weighted by atomic mass is 16.5. The predicted octanol–water partition coefficient (Wildman–Crippen LogP) is 3.80. The minimum atomic E-state index is -0.488. The highest BCUT2D eigenvalue weighted by Crippen LogP contribution is 2.20. The number of aryl methyl sites for hydroxylation is 2. The maximum atomic E-state index is 12.4. The first kappa shape index (κ1) is 14.5. The zero-order chi connectivity index (χ0) is 14.5. The normalized spacial score (nSPS) is 12.2. The summed E-state index contributed by atoms with van der Waals surface area (Å²) >= 11 is 0. The molecule has 1 unspecified atom stereocenters. The Morgan fingerprint density at radius 3 is 2.35 bits per heavy atom. The third-order valence-corrected chi connectivity index (χ3v) is 3.58. The molecule has 0 spiro atoms. The van der Waals surface area contributed by atoms with E-state index in [4.69, 9.17) is 4.74 Å². The summed E-state index contributed by atoms with van der Waals surface area (Å²) in [6.45, 7) is 4.14. The van der Waals surface area contributed by atoms with Crippen LogP contribution in [0.1, 0.15) is 28.4 Å². The van der Waals surface area contributed by atoms with Gasteiger partial charge in [0.05, 0.1) is 0 Å². The third-order valence-electron chi connectivity index (χ3n) is 3.58. The van der Waals surface area contributed by atoms with Gasteiger partial charge >= 0.3 is 0 Å². The molecule has 0 N–H and O–H groups in total. The number of hydrogen-bond donors (Lipinski definition) is 0. The van der Waals surface area contributed by atoms with Gasteiger partial charge in [0.15, 0.2) is 5.78 Å². The first-order chi connectivity index (χ1) is 9.61. The van der Waals surface area contributed by atoms with E-state index in [1.165, 1.54) is 11.1 Å². The van der Waals surface area contributed by atoms with Gasteiger partial charge in [-0.3, -0.25) is 4.79 Å². The van der Waals surface area contributed by atoms with Crippen LogP contribution in [0.25, 0.3) is 0 Å². The summed E-state index contributed by atoms with van der Waals surface area (Å²) in [5, 5.41) is 0. The summed E-state index contributed by atoms with van der Waals surface area (Å²) in [4.78, 5) is 12.4. The molecule has 0 saturated heterocycles. The maximum absolute atomic E-state index is 12.4. The van der Waals surface area contributed by atoms with E-state index in [0.717, 1.165) is 11.1 Å². The Morgan fingerprint density at radius 2 is 1.75 bits per heavy atom. The van der Waals surface area contributed by atoms with Crippen LogP contribution in [0.15, 0.2) is 48.5 Å². The molecule has 0 bridgehead atoms. The third kappa shape index (κ3) is 3.34. The van der Waals surface area contributed by atoms with Crippen LogP contribution in [0.4, 0.5) is 0 Å². The Labute approximate surface area is 120 Å². The van der Waals surface area contributed by atoms with E-state index < -0.39 is 6.10 Å². The van der Waals surface area contributed by atoms with Gasteiger partial charge in [0.2, 0.25) is 0 Å². The van der Waals surface area contributed by atoms with Crippen molar-refractivity contribution < 1.29 is 9.53 Å². The van der Waals surface area contributed by atoms with Crippen LogP contribution in [0.5, 0.6) is 0 Å². The lowest BCUT2D eigenvalue weighted by molar-refractivity contribution is -0.128. The molecular weight excluding hydrogens is 248 g/mol. The SMILES string of the molecule is COC(C(=O)Cc1ccc(C)c(C)c1)c1ccccc1. The van der Waals surface area contributed by atoms with E-state index in [0.29, 0.717) is 6.42 Å². The van der Waals surface area contributed by atoms with E-state index in [2.05, 4.69) is 26.0 Å². The lowest BCUT2D eigenvalue weighted by atomic mass is 9.98. The predicted molar refractivity (Wildman–Crippen MR) is 80.8 cm³/mol. The Bertz CT molecular complexity index is 588. The zero-order valence-corrected chi connectivity index (χ0v) is 12.2. The van der Waals surface area contributed by atoms with Gasteiger partial charge in [0.25, 0.3) is 0 Å². The standard InChI is InChI=1S/C18H20O2/c1-13-9-10-15(11-14(13)2)12-17(19)18(20-3)16-7-5-4-6-8-16/h4-11,18H,12H2,1-3H3. The first-order valence-corrected chi connectivity index (χ1v) is 6.78. The molecule has 104 valence electrons. The summed E-state index contributed by atoms with van der Waals surface area (Å²) in [6.07, 6.45) is -0.0908. The molecular formula is C18H20O2. The van der Waals surface area contributed by atoms with Crippen LogP contribution in [0.2, 0.25) is 0 Å². The van der Waals surface area contributed by atoms with E-state index in [1.54, 1.807) is 7.11 Å². The molecule has 0 amide bonds. The lowest BCUT2D eigenvalue weighted by Gasteiger charge is -2.15. The summed E-state index contributed by atoms with van der Waals surface area (Å²) in [5.74, 6) is 0.0851. The topological polar surface area (TPSA) is 26.3 Å². The molecule has 0 aromatic heterocycles. The fourth-order valence-corrected chi connectivity index (χ4v) is 2.29. The minimum Gasteiger partial charge on any atom is -0.369 e. The van der Waals surface area contributed by atoms with Crippen molar-refractivity contribution in [2.45, 2.75) is 26.4 Å². The second-order valence-electron chi connectivity index (χ2n) is 5.09. The van der Waals surface area contributed by atoms with Crippen LogP contribution in [-0.4, -0.2) is 12.9 Å². The Hall–Kier alpha value is -1.93. The second-order valence-corrected chi connectivity index (χ2v) is 5.09. The molecule has 0 radical (unpaired) electrons. The first-order valence-electron chi connectivity index (χ1n) is 6.78. The van der Waals surface area contributed by atoms with Crippen molar-refractivity contribution in [3.05, 3.63) is 70.8 Å². The quantitative estimate of drug-likeness (QED) is 0.824. The highest BCUT2D eigenvalue weighted by molar-refractivity contribution is 5.86. The molecule has 0 heterocycles. The Balaban J connectivity index is 2.15.